The Hall–Kier alpha value is -6.06. The third kappa shape index (κ3) is 7.16. The smallest absolute Gasteiger partial charge is 0.272 e. The molecule has 48 heavy (non-hydrogen) atoms. The summed E-state index contributed by atoms with van der Waals surface area (Å²) >= 11 is 1.24. The molecule has 0 aliphatic heterocycles. The summed E-state index contributed by atoms with van der Waals surface area (Å²) in [6.45, 7) is 1.94. The third-order valence-electron chi connectivity index (χ3n) is 7.57. The number of carbonyl (C=O) groups excluding carboxylic acids is 5. The van der Waals surface area contributed by atoms with Crippen LogP contribution in [-0.4, -0.2) is 35.0 Å². The van der Waals surface area contributed by atoms with E-state index in [0.717, 1.165) is 11.1 Å². The number of anilines is 2. The van der Waals surface area contributed by atoms with Crippen LogP contribution in [0.2, 0.25) is 0 Å². The zero-order valence-corrected chi connectivity index (χ0v) is 26.6. The van der Waals surface area contributed by atoms with E-state index in [-0.39, 0.29) is 45.7 Å². The zero-order valence-electron chi connectivity index (χ0n) is 25.8. The molecule has 9 heteroatoms. The molecule has 1 aliphatic rings. The van der Waals surface area contributed by atoms with Crippen LogP contribution in [0.4, 0.5) is 11.4 Å². The SMILES string of the molecule is Cc1cccc(/C=C(/NC(=O)c2ccccc2)C(=O)Nc2cccc(SCC(=O)Nc3cccc4c3C(=O)c3ccccc3C4=O)c2)c1. The van der Waals surface area contributed by atoms with Gasteiger partial charge in [0.05, 0.1) is 17.0 Å². The van der Waals surface area contributed by atoms with Crippen molar-refractivity contribution in [2.45, 2.75) is 11.8 Å². The molecule has 0 heterocycles. The van der Waals surface area contributed by atoms with Gasteiger partial charge in [0.1, 0.15) is 5.70 Å². The van der Waals surface area contributed by atoms with E-state index in [9.17, 15) is 24.0 Å². The van der Waals surface area contributed by atoms with E-state index in [4.69, 9.17) is 0 Å². The molecule has 8 nitrogen and oxygen atoms in total. The Bertz CT molecular complexity index is 2120. The Balaban J connectivity index is 1.14. The Morgan fingerprint density at radius 1 is 0.688 bits per heavy atom. The maximum Gasteiger partial charge on any atom is 0.272 e. The Morgan fingerprint density at radius 2 is 1.38 bits per heavy atom. The first-order chi connectivity index (χ1) is 23.3. The monoisotopic (exact) mass is 651 g/mol. The van der Waals surface area contributed by atoms with E-state index in [1.807, 2.05) is 31.2 Å². The molecule has 3 amide bonds. The molecule has 0 aromatic heterocycles. The number of amides is 3. The first-order valence-electron chi connectivity index (χ1n) is 15.1. The van der Waals surface area contributed by atoms with E-state index in [0.29, 0.717) is 27.3 Å². The summed E-state index contributed by atoms with van der Waals surface area (Å²) in [4.78, 5) is 66.5. The van der Waals surface area contributed by atoms with Crippen molar-refractivity contribution in [2.75, 3.05) is 16.4 Å². The van der Waals surface area contributed by atoms with Crippen molar-refractivity contribution in [2.24, 2.45) is 0 Å². The number of rotatable bonds is 9. The number of hydrogen-bond acceptors (Lipinski definition) is 6. The van der Waals surface area contributed by atoms with Gasteiger partial charge in [-0.25, -0.2) is 0 Å². The summed E-state index contributed by atoms with van der Waals surface area (Å²) in [5, 5.41) is 8.38. The molecule has 0 atom stereocenters. The van der Waals surface area contributed by atoms with Crippen molar-refractivity contribution < 1.29 is 24.0 Å². The summed E-state index contributed by atoms with van der Waals surface area (Å²) in [5.41, 5.74) is 4.05. The molecule has 0 bridgehead atoms. The van der Waals surface area contributed by atoms with Crippen molar-refractivity contribution in [3.8, 4) is 0 Å². The predicted molar refractivity (Wildman–Crippen MR) is 187 cm³/mol. The maximum absolute atomic E-state index is 13.5. The highest BCUT2D eigenvalue weighted by molar-refractivity contribution is 8.00. The van der Waals surface area contributed by atoms with Crippen LogP contribution in [0.25, 0.3) is 6.08 Å². The van der Waals surface area contributed by atoms with E-state index in [2.05, 4.69) is 16.0 Å². The van der Waals surface area contributed by atoms with Gasteiger partial charge in [-0.2, -0.15) is 0 Å². The lowest BCUT2D eigenvalue weighted by atomic mass is 9.83. The summed E-state index contributed by atoms with van der Waals surface area (Å²) in [7, 11) is 0. The van der Waals surface area contributed by atoms with Crippen molar-refractivity contribution >= 4 is 58.5 Å². The van der Waals surface area contributed by atoms with Crippen LogP contribution in [0.1, 0.15) is 53.3 Å². The van der Waals surface area contributed by atoms with Crippen molar-refractivity contribution in [3.63, 3.8) is 0 Å². The molecule has 0 saturated carbocycles. The fourth-order valence-corrected chi connectivity index (χ4v) is 6.07. The topological polar surface area (TPSA) is 121 Å². The summed E-state index contributed by atoms with van der Waals surface area (Å²) in [6.07, 6.45) is 1.62. The molecule has 1 aliphatic carbocycles. The number of carbonyl (C=O) groups is 5. The second kappa shape index (κ2) is 14.1. The van der Waals surface area contributed by atoms with Crippen LogP contribution < -0.4 is 16.0 Å². The van der Waals surface area contributed by atoms with Gasteiger partial charge in [0.2, 0.25) is 5.91 Å². The number of thioether (sulfide) groups is 1. The molecule has 236 valence electrons. The molecule has 0 spiro atoms. The number of hydrogen-bond donors (Lipinski definition) is 3. The molecule has 0 unspecified atom stereocenters. The van der Waals surface area contributed by atoms with Crippen LogP contribution in [0.5, 0.6) is 0 Å². The van der Waals surface area contributed by atoms with Gasteiger partial charge in [0.25, 0.3) is 11.8 Å². The fourth-order valence-electron chi connectivity index (χ4n) is 5.32. The quantitative estimate of drug-likeness (QED) is 0.115. The van der Waals surface area contributed by atoms with Crippen molar-refractivity contribution in [1.82, 2.24) is 5.32 Å². The van der Waals surface area contributed by atoms with Gasteiger partial charge in [0.15, 0.2) is 11.6 Å². The molecule has 3 N–H and O–H groups in total. The fraction of sp³-hybridized carbons (Fsp3) is 0.0513. The molecule has 0 radical (unpaired) electrons. The predicted octanol–water partition coefficient (Wildman–Crippen LogP) is 6.91. The van der Waals surface area contributed by atoms with Crippen LogP contribution in [0.15, 0.2) is 132 Å². The summed E-state index contributed by atoms with van der Waals surface area (Å²) in [5.74, 6) is -1.88. The van der Waals surface area contributed by atoms with Gasteiger partial charge in [-0.1, -0.05) is 90.5 Å². The standard InChI is InChI=1S/C39H29N3O5S/c1-24-10-7-11-25(20-24)21-33(42-38(46)26-12-3-2-4-13-26)39(47)40-27-14-8-15-28(22-27)48-23-34(43)41-32-19-9-18-31-35(32)37(45)30-17-6-5-16-29(30)36(31)44/h2-22H,23H2,1H3,(H,40,47)(H,41,43)(H,42,46)/b33-21+. The lowest BCUT2D eigenvalue weighted by Gasteiger charge is -2.20. The van der Waals surface area contributed by atoms with Gasteiger partial charge < -0.3 is 16.0 Å². The molecule has 6 rings (SSSR count). The van der Waals surface area contributed by atoms with Crippen LogP contribution >= 0.6 is 11.8 Å². The zero-order chi connectivity index (χ0) is 33.6. The van der Waals surface area contributed by atoms with Gasteiger partial charge >= 0.3 is 0 Å². The second-order valence-electron chi connectivity index (χ2n) is 11.0. The largest absolute Gasteiger partial charge is 0.325 e. The minimum absolute atomic E-state index is 0.00539. The average Bonchev–Trinajstić information content (AvgIpc) is 3.10. The lowest BCUT2D eigenvalue weighted by Crippen LogP contribution is -2.30. The van der Waals surface area contributed by atoms with Gasteiger partial charge in [-0.15, -0.1) is 11.8 Å². The Kier molecular flexibility index (Phi) is 9.40. The highest BCUT2D eigenvalue weighted by Gasteiger charge is 2.31. The van der Waals surface area contributed by atoms with E-state index in [1.165, 1.54) is 11.8 Å². The second-order valence-corrected chi connectivity index (χ2v) is 12.1. The lowest BCUT2D eigenvalue weighted by molar-refractivity contribution is -0.114. The van der Waals surface area contributed by atoms with E-state index < -0.39 is 11.8 Å². The minimum Gasteiger partial charge on any atom is -0.325 e. The van der Waals surface area contributed by atoms with Crippen molar-refractivity contribution in [3.05, 3.63) is 166 Å². The summed E-state index contributed by atoms with van der Waals surface area (Å²) < 4.78 is 0. The number of ketones is 2. The molecular formula is C39H29N3O5S. The highest BCUT2D eigenvalue weighted by Crippen LogP contribution is 2.32. The molecule has 5 aromatic carbocycles. The normalized spacial score (nSPS) is 12.1. The minimum atomic E-state index is -0.518. The maximum atomic E-state index is 13.5. The van der Waals surface area contributed by atoms with E-state index in [1.54, 1.807) is 103 Å². The van der Waals surface area contributed by atoms with Gasteiger partial charge in [-0.05, 0) is 55.0 Å². The van der Waals surface area contributed by atoms with Gasteiger partial charge in [0, 0.05) is 32.8 Å². The average molecular weight is 652 g/mol. The van der Waals surface area contributed by atoms with Crippen molar-refractivity contribution in [1.29, 1.82) is 0 Å². The van der Waals surface area contributed by atoms with Gasteiger partial charge in [-0.3, -0.25) is 24.0 Å². The first-order valence-corrected chi connectivity index (χ1v) is 16.1. The summed E-state index contributed by atoms with van der Waals surface area (Å²) in [6, 6.07) is 34.6. The number of benzene rings is 5. The third-order valence-corrected chi connectivity index (χ3v) is 8.56. The Labute approximate surface area is 281 Å². The van der Waals surface area contributed by atoms with E-state index >= 15 is 0 Å². The molecule has 5 aromatic rings. The van der Waals surface area contributed by atoms with Crippen LogP contribution in [0.3, 0.4) is 0 Å². The highest BCUT2D eigenvalue weighted by atomic mass is 32.2. The number of nitrogens with one attached hydrogen (secondary N) is 3. The number of fused-ring (bicyclic) bond motifs is 2. The van der Waals surface area contributed by atoms with Crippen LogP contribution in [-0.2, 0) is 9.59 Å². The number of aryl methyl sites for hydroxylation is 1. The first kappa shape index (κ1) is 31.9. The molecule has 0 saturated heterocycles. The van der Waals surface area contributed by atoms with Crippen LogP contribution in [0, 0.1) is 6.92 Å². The Morgan fingerprint density at radius 3 is 2.15 bits per heavy atom. The molecular weight excluding hydrogens is 623 g/mol. The molecule has 0 fully saturated rings.